The van der Waals surface area contributed by atoms with E-state index in [1.54, 1.807) is 0 Å². The molecule has 0 radical (unpaired) electrons. The summed E-state index contributed by atoms with van der Waals surface area (Å²) < 4.78 is 20.9. The van der Waals surface area contributed by atoms with Crippen LogP contribution < -0.4 is 0 Å². The van der Waals surface area contributed by atoms with E-state index in [0.717, 1.165) is 23.7 Å². The molecule has 210 valence electrons. The number of hydrogen-bond acceptors (Lipinski definition) is 3. The van der Waals surface area contributed by atoms with Crippen LogP contribution in [0.5, 0.6) is 0 Å². The molecule has 9 unspecified atom stereocenters. The average Bonchev–Trinajstić information content (AvgIpc) is 2.98. The zero-order chi connectivity index (χ0) is 26.9. The Balaban J connectivity index is 1.59. The van der Waals surface area contributed by atoms with Gasteiger partial charge in [0.1, 0.15) is 0 Å². The Morgan fingerprint density at radius 3 is 1.92 bits per heavy atom. The molecule has 4 saturated carbocycles. The van der Waals surface area contributed by atoms with Crippen molar-refractivity contribution in [3.63, 3.8) is 0 Å². The molecule has 4 fully saturated rings. The fraction of sp³-hybridized carbons (Fsp3) is 1.00. The highest BCUT2D eigenvalue weighted by atomic mass is 28.4. The third-order valence-corrected chi connectivity index (χ3v) is 14.1. The van der Waals surface area contributed by atoms with Gasteiger partial charge >= 0.3 is 0 Å². The Kier molecular flexibility index (Phi) is 7.85. The van der Waals surface area contributed by atoms with Gasteiger partial charge in [0.25, 0.3) is 0 Å². The van der Waals surface area contributed by atoms with E-state index in [1.807, 2.05) is 0 Å². The summed E-state index contributed by atoms with van der Waals surface area (Å²) in [6.07, 6.45) is 12.8. The van der Waals surface area contributed by atoms with Gasteiger partial charge in [0.05, 0.1) is 11.7 Å². The van der Waals surface area contributed by atoms with E-state index in [9.17, 15) is 0 Å². The van der Waals surface area contributed by atoms with Crippen LogP contribution in [0.3, 0.4) is 0 Å². The lowest BCUT2D eigenvalue weighted by atomic mass is 9.44. The van der Waals surface area contributed by atoms with Crippen molar-refractivity contribution in [2.45, 2.75) is 155 Å². The van der Waals surface area contributed by atoms with E-state index < -0.39 is 25.0 Å². The highest BCUT2D eigenvalue weighted by molar-refractivity contribution is 6.70. The van der Waals surface area contributed by atoms with Crippen molar-refractivity contribution >= 4 is 25.0 Å². The molecule has 9 atom stereocenters. The third kappa shape index (κ3) is 5.43. The predicted molar refractivity (Wildman–Crippen MR) is 161 cm³/mol. The van der Waals surface area contributed by atoms with Crippen LogP contribution in [-0.4, -0.2) is 42.8 Å². The van der Waals surface area contributed by atoms with Crippen molar-refractivity contribution in [2.24, 2.45) is 34.5 Å². The molecule has 0 bridgehead atoms. The molecule has 4 rings (SSSR count). The van der Waals surface area contributed by atoms with E-state index in [1.165, 1.54) is 57.8 Å². The molecule has 0 N–H and O–H groups in total. The first-order valence-corrected chi connectivity index (χ1v) is 25.6. The minimum Gasteiger partial charge on any atom is -0.415 e. The van der Waals surface area contributed by atoms with Crippen LogP contribution in [0, 0.1) is 34.5 Å². The maximum Gasteiger partial charge on any atom is 0.184 e. The summed E-state index contributed by atoms with van der Waals surface area (Å²) in [7, 11) is -4.88. The lowest BCUT2D eigenvalue weighted by molar-refractivity contribution is -0.175. The first-order chi connectivity index (χ1) is 16.3. The SMILES string of the molecule is CC(O[Si](C)(C)C)C1(O[Si](C)(C)C)CCC2C3CCC4CC(O[Si](C)(C)C)CCC4(C)C3CCC21C. The van der Waals surface area contributed by atoms with Crippen LogP contribution in [0.2, 0.25) is 58.9 Å². The Morgan fingerprint density at radius 1 is 0.694 bits per heavy atom. The lowest BCUT2D eigenvalue weighted by Gasteiger charge is -2.63. The molecule has 0 aromatic rings. The minimum atomic E-state index is -1.75. The molecule has 4 aliphatic rings. The Labute approximate surface area is 227 Å². The second-order valence-corrected chi connectivity index (χ2v) is 30.1. The van der Waals surface area contributed by atoms with Gasteiger partial charge in [-0.1, -0.05) is 13.8 Å². The molecule has 0 spiro atoms. The van der Waals surface area contributed by atoms with Gasteiger partial charge in [-0.3, -0.25) is 0 Å². The van der Waals surface area contributed by atoms with Gasteiger partial charge in [0.2, 0.25) is 0 Å². The summed E-state index contributed by atoms with van der Waals surface area (Å²) in [5.41, 5.74) is 0.623. The number of fused-ring (bicyclic) bond motifs is 5. The molecule has 0 amide bonds. The Morgan fingerprint density at radius 2 is 1.33 bits per heavy atom. The van der Waals surface area contributed by atoms with Gasteiger partial charge in [-0.2, -0.15) is 0 Å². The highest BCUT2D eigenvalue weighted by Crippen LogP contribution is 2.70. The first kappa shape index (κ1) is 29.5. The molecule has 3 nitrogen and oxygen atoms in total. The van der Waals surface area contributed by atoms with Crippen molar-refractivity contribution in [1.82, 2.24) is 0 Å². The van der Waals surface area contributed by atoms with Crippen molar-refractivity contribution in [2.75, 3.05) is 0 Å². The van der Waals surface area contributed by atoms with Crippen LogP contribution in [0.1, 0.15) is 78.6 Å². The normalized spacial score (nSPS) is 44.5. The molecule has 4 aliphatic carbocycles. The molecule has 0 aliphatic heterocycles. The predicted octanol–water partition coefficient (Wildman–Crippen LogP) is 9.08. The summed E-state index contributed by atoms with van der Waals surface area (Å²) in [6.45, 7) is 29.0. The lowest BCUT2D eigenvalue weighted by Crippen LogP contribution is -2.63. The van der Waals surface area contributed by atoms with Gasteiger partial charge in [-0.05, 0) is 153 Å². The summed E-state index contributed by atoms with van der Waals surface area (Å²) in [5, 5.41) is 0. The maximum atomic E-state index is 7.36. The van der Waals surface area contributed by atoms with Crippen molar-refractivity contribution in [3.8, 4) is 0 Å². The summed E-state index contributed by atoms with van der Waals surface area (Å²) >= 11 is 0. The van der Waals surface area contributed by atoms with Crippen molar-refractivity contribution in [3.05, 3.63) is 0 Å². The fourth-order valence-electron chi connectivity index (χ4n) is 9.95. The second-order valence-electron chi connectivity index (χ2n) is 16.8. The van der Waals surface area contributed by atoms with Crippen LogP contribution in [0.15, 0.2) is 0 Å². The standard InChI is InChI=1S/C30H60O3Si3/c1-22(31-34(4,5)6)30(33-36(10,11)12)20-17-27-25-14-13-23-21-24(32-35(7,8)9)15-18-28(23,2)26(25)16-19-29(27,30)3/h22-27H,13-21H2,1-12H3. The maximum absolute atomic E-state index is 7.36. The third-order valence-electron chi connectivity index (χ3n) is 11.0. The molecule has 0 aromatic carbocycles. The largest absolute Gasteiger partial charge is 0.415 e. The number of rotatable bonds is 7. The van der Waals surface area contributed by atoms with E-state index in [4.69, 9.17) is 13.3 Å². The Bertz CT molecular complexity index is 799. The first-order valence-electron chi connectivity index (χ1n) is 15.4. The molecular weight excluding hydrogens is 493 g/mol. The van der Waals surface area contributed by atoms with Crippen LogP contribution >= 0.6 is 0 Å². The second kappa shape index (κ2) is 9.57. The monoisotopic (exact) mass is 552 g/mol. The van der Waals surface area contributed by atoms with E-state index >= 15 is 0 Å². The fourth-order valence-corrected chi connectivity index (χ4v) is 14.0. The van der Waals surface area contributed by atoms with Crippen LogP contribution in [0.4, 0.5) is 0 Å². The van der Waals surface area contributed by atoms with Gasteiger partial charge in [-0.15, -0.1) is 0 Å². The highest BCUT2D eigenvalue weighted by Gasteiger charge is 2.67. The molecule has 6 heteroatoms. The van der Waals surface area contributed by atoms with Gasteiger partial charge in [0.15, 0.2) is 25.0 Å². The van der Waals surface area contributed by atoms with E-state index in [-0.39, 0.29) is 17.1 Å². The average molecular weight is 553 g/mol. The van der Waals surface area contributed by atoms with Crippen molar-refractivity contribution < 1.29 is 13.3 Å². The topological polar surface area (TPSA) is 27.7 Å². The quantitative estimate of drug-likeness (QED) is 0.295. The van der Waals surface area contributed by atoms with Crippen LogP contribution in [-0.2, 0) is 13.3 Å². The molecule has 0 heterocycles. The Hall–Kier alpha value is 0.531. The van der Waals surface area contributed by atoms with Gasteiger partial charge in [-0.25, -0.2) is 0 Å². The zero-order valence-electron chi connectivity index (χ0n) is 26.1. The van der Waals surface area contributed by atoms with Gasteiger partial charge in [0, 0.05) is 11.5 Å². The van der Waals surface area contributed by atoms with E-state index in [0.29, 0.717) is 11.5 Å². The van der Waals surface area contributed by atoms with Crippen molar-refractivity contribution in [1.29, 1.82) is 0 Å². The minimum absolute atomic E-state index is 0.117. The smallest absolute Gasteiger partial charge is 0.184 e. The van der Waals surface area contributed by atoms with Crippen LogP contribution in [0.25, 0.3) is 0 Å². The summed E-state index contributed by atoms with van der Waals surface area (Å²) in [4.78, 5) is 0. The molecule has 0 aromatic heterocycles. The molecule has 36 heavy (non-hydrogen) atoms. The van der Waals surface area contributed by atoms with Gasteiger partial charge < -0.3 is 13.3 Å². The molecule has 0 saturated heterocycles. The van der Waals surface area contributed by atoms with E-state index in [2.05, 4.69) is 79.7 Å². The summed E-state index contributed by atoms with van der Waals surface area (Å²) in [6, 6.07) is 0. The number of hydrogen-bond donors (Lipinski definition) is 0. The molecular formula is C30H60O3Si3. The summed E-state index contributed by atoms with van der Waals surface area (Å²) in [5.74, 6) is 3.40. The zero-order valence-corrected chi connectivity index (χ0v) is 29.1.